The van der Waals surface area contributed by atoms with Gasteiger partial charge in [0.05, 0.1) is 5.56 Å². The summed E-state index contributed by atoms with van der Waals surface area (Å²) in [5.74, 6) is 1.81. The summed E-state index contributed by atoms with van der Waals surface area (Å²) in [6.07, 6.45) is 1.77. The number of rotatable bonds is 2. The van der Waals surface area contributed by atoms with E-state index in [1.165, 1.54) is 4.88 Å². The molecule has 3 rings (SSSR count). The van der Waals surface area contributed by atoms with Crippen molar-refractivity contribution >= 4 is 17.2 Å². The van der Waals surface area contributed by atoms with Crippen LogP contribution in [-0.4, -0.2) is 34.0 Å². The Morgan fingerprint density at radius 2 is 2.05 bits per heavy atom. The molecule has 0 unspecified atom stereocenters. The zero-order chi connectivity index (χ0) is 15.0. The van der Waals surface area contributed by atoms with Crippen LogP contribution in [0.5, 0.6) is 0 Å². The summed E-state index contributed by atoms with van der Waals surface area (Å²) in [5, 5.41) is 3.84. The number of piperidine rings is 1. The van der Waals surface area contributed by atoms with Crippen molar-refractivity contribution < 1.29 is 9.32 Å². The smallest absolute Gasteiger partial charge is 0.254 e. The Morgan fingerprint density at radius 1 is 1.33 bits per heavy atom. The molecule has 0 aliphatic carbocycles. The van der Waals surface area contributed by atoms with Crippen molar-refractivity contribution in [2.24, 2.45) is 0 Å². The third kappa shape index (κ3) is 2.85. The maximum Gasteiger partial charge on any atom is 0.254 e. The van der Waals surface area contributed by atoms with Crippen molar-refractivity contribution in [1.82, 2.24) is 15.0 Å². The first-order valence-electron chi connectivity index (χ1n) is 7.21. The van der Waals surface area contributed by atoms with Gasteiger partial charge in [0.2, 0.25) is 5.89 Å². The summed E-state index contributed by atoms with van der Waals surface area (Å²) >= 11 is 1.68. The van der Waals surface area contributed by atoms with Gasteiger partial charge in [-0.1, -0.05) is 5.16 Å². The van der Waals surface area contributed by atoms with Crippen LogP contribution in [0.3, 0.4) is 0 Å². The Labute approximate surface area is 128 Å². The van der Waals surface area contributed by atoms with Crippen LogP contribution in [0.15, 0.2) is 10.6 Å². The lowest BCUT2D eigenvalue weighted by Crippen LogP contribution is -2.38. The van der Waals surface area contributed by atoms with Crippen LogP contribution in [0.4, 0.5) is 0 Å². The average Bonchev–Trinajstić information content (AvgIpc) is 3.04. The SMILES string of the molecule is Cc1noc(C2CCN(C(=O)c3cc(C)sc3C)CC2)n1. The first kappa shape index (κ1) is 14.3. The maximum absolute atomic E-state index is 12.6. The molecule has 1 fully saturated rings. The molecule has 1 saturated heterocycles. The summed E-state index contributed by atoms with van der Waals surface area (Å²) in [4.78, 5) is 21.1. The summed E-state index contributed by atoms with van der Waals surface area (Å²) in [6.45, 7) is 7.38. The number of carbonyl (C=O) groups excluding carboxylic acids is 1. The van der Waals surface area contributed by atoms with E-state index in [1.54, 1.807) is 11.3 Å². The van der Waals surface area contributed by atoms with E-state index < -0.39 is 0 Å². The zero-order valence-electron chi connectivity index (χ0n) is 12.5. The fourth-order valence-corrected chi connectivity index (χ4v) is 3.74. The van der Waals surface area contributed by atoms with Gasteiger partial charge in [-0.3, -0.25) is 4.79 Å². The Kier molecular flexibility index (Phi) is 3.80. The van der Waals surface area contributed by atoms with E-state index in [0.717, 1.165) is 36.4 Å². The van der Waals surface area contributed by atoms with Crippen LogP contribution in [0.2, 0.25) is 0 Å². The molecule has 6 heteroatoms. The molecule has 0 spiro atoms. The molecule has 2 aromatic rings. The van der Waals surface area contributed by atoms with Gasteiger partial charge in [0, 0.05) is 28.8 Å². The largest absolute Gasteiger partial charge is 0.339 e. The third-order valence-corrected chi connectivity index (χ3v) is 4.91. The Balaban J connectivity index is 1.65. The molecular formula is C15H19N3O2S. The monoisotopic (exact) mass is 305 g/mol. The molecule has 3 heterocycles. The van der Waals surface area contributed by atoms with Crippen LogP contribution in [0, 0.1) is 20.8 Å². The Hall–Kier alpha value is -1.69. The van der Waals surface area contributed by atoms with Gasteiger partial charge in [-0.05, 0) is 39.7 Å². The van der Waals surface area contributed by atoms with E-state index >= 15 is 0 Å². The van der Waals surface area contributed by atoms with Crippen LogP contribution in [0.1, 0.15) is 50.6 Å². The van der Waals surface area contributed by atoms with Crippen LogP contribution in [-0.2, 0) is 0 Å². The number of aryl methyl sites for hydroxylation is 3. The number of nitrogens with zero attached hydrogens (tertiary/aromatic N) is 3. The van der Waals surface area contributed by atoms with Crippen molar-refractivity contribution in [3.05, 3.63) is 33.1 Å². The quantitative estimate of drug-likeness (QED) is 0.855. The number of aromatic nitrogens is 2. The minimum Gasteiger partial charge on any atom is -0.339 e. The fraction of sp³-hybridized carbons (Fsp3) is 0.533. The van der Waals surface area contributed by atoms with Gasteiger partial charge in [0.25, 0.3) is 5.91 Å². The predicted molar refractivity (Wildman–Crippen MR) is 80.7 cm³/mol. The number of thiophene rings is 1. The van der Waals surface area contributed by atoms with Gasteiger partial charge in [-0.2, -0.15) is 4.98 Å². The maximum atomic E-state index is 12.6. The molecular weight excluding hydrogens is 286 g/mol. The van der Waals surface area contributed by atoms with Gasteiger partial charge in [0.15, 0.2) is 5.82 Å². The number of amides is 1. The number of likely N-dealkylation sites (tertiary alicyclic amines) is 1. The van der Waals surface area contributed by atoms with E-state index in [9.17, 15) is 4.79 Å². The first-order valence-corrected chi connectivity index (χ1v) is 8.02. The van der Waals surface area contributed by atoms with Crippen molar-refractivity contribution in [3.63, 3.8) is 0 Å². The van der Waals surface area contributed by atoms with Gasteiger partial charge >= 0.3 is 0 Å². The molecule has 5 nitrogen and oxygen atoms in total. The van der Waals surface area contributed by atoms with Crippen molar-refractivity contribution in [3.8, 4) is 0 Å². The second-order valence-electron chi connectivity index (χ2n) is 5.57. The second kappa shape index (κ2) is 5.60. The molecule has 2 aromatic heterocycles. The lowest BCUT2D eigenvalue weighted by molar-refractivity contribution is 0.0704. The lowest BCUT2D eigenvalue weighted by Gasteiger charge is -2.30. The molecule has 1 aliphatic rings. The molecule has 0 N–H and O–H groups in total. The van der Waals surface area contributed by atoms with E-state index in [2.05, 4.69) is 10.1 Å². The summed E-state index contributed by atoms with van der Waals surface area (Å²) < 4.78 is 5.24. The molecule has 1 aliphatic heterocycles. The molecule has 0 bridgehead atoms. The van der Waals surface area contributed by atoms with Gasteiger partial charge < -0.3 is 9.42 Å². The summed E-state index contributed by atoms with van der Waals surface area (Å²) in [6, 6.07) is 2.00. The van der Waals surface area contributed by atoms with Crippen molar-refractivity contribution in [2.45, 2.75) is 39.5 Å². The minimum absolute atomic E-state index is 0.150. The normalized spacial score (nSPS) is 16.4. The molecule has 0 radical (unpaired) electrons. The molecule has 1 amide bonds. The first-order chi connectivity index (χ1) is 10.0. The van der Waals surface area contributed by atoms with E-state index in [4.69, 9.17) is 4.52 Å². The molecule has 112 valence electrons. The highest BCUT2D eigenvalue weighted by molar-refractivity contribution is 7.12. The predicted octanol–water partition coefficient (Wildman–Crippen LogP) is 3.08. The minimum atomic E-state index is 0.150. The molecule has 0 aromatic carbocycles. The fourth-order valence-electron chi connectivity index (χ4n) is 2.82. The van der Waals surface area contributed by atoms with Gasteiger partial charge in [-0.25, -0.2) is 0 Å². The molecule has 0 saturated carbocycles. The highest BCUT2D eigenvalue weighted by Crippen LogP contribution is 2.29. The average molecular weight is 305 g/mol. The van der Waals surface area contributed by atoms with Crippen LogP contribution >= 0.6 is 11.3 Å². The number of carbonyl (C=O) groups is 1. The van der Waals surface area contributed by atoms with Crippen molar-refractivity contribution in [2.75, 3.05) is 13.1 Å². The number of hydrogen-bond acceptors (Lipinski definition) is 5. The standard InChI is InChI=1S/C15H19N3O2S/c1-9-8-13(10(2)21-9)15(19)18-6-4-12(5-7-18)14-16-11(3)17-20-14/h8,12H,4-7H2,1-3H3. The molecule has 0 atom stereocenters. The van der Waals surface area contributed by atoms with Gasteiger partial charge in [0.1, 0.15) is 0 Å². The summed E-state index contributed by atoms with van der Waals surface area (Å²) in [7, 11) is 0. The van der Waals surface area contributed by atoms with Crippen LogP contribution < -0.4 is 0 Å². The van der Waals surface area contributed by atoms with E-state index in [0.29, 0.717) is 11.7 Å². The molecule has 21 heavy (non-hydrogen) atoms. The van der Waals surface area contributed by atoms with Gasteiger partial charge in [-0.15, -0.1) is 11.3 Å². The zero-order valence-corrected chi connectivity index (χ0v) is 13.4. The Morgan fingerprint density at radius 3 is 2.57 bits per heavy atom. The highest BCUT2D eigenvalue weighted by Gasteiger charge is 2.28. The number of hydrogen-bond donors (Lipinski definition) is 0. The lowest BCUT2D eigenvalue weighted by atomic mass is 9.96. The van der Waals surface area contributed by atoms with E-state index in [1.807, 2.05) is 31.7 Å². The topological polar surface area (TPSA) is 59.2 Å². The highest BCUT2D eigenvalue weighted by atomic mass is 32.1. The van der Waals surface area contributed by atoms with Crippen molar-refractivity contribution in [1.29, 1.82) is 0 Å². The second-order valence-corrected chi connectivity index (χ2v) is 7.03. The summed E-state index contributed by atoms with van der Waals surface area (Å²) in [5.41, 5.74) is 0.851. The third-order valence-electron chi connectivity index (χ3n) is 3.95. The Bertz CT molecular complexity index is 654. The van der Waals surface area contributed by atoms with E-state index in [-0.39, 0.29) is 11.8 Å². The van der Waals surface area contributed by atoms with Crippen LogP contribution in [0.25, 0.3) is 0 Å².